The van der Waals surface area contributed by atoms with Crippen molar-refractivity contribution in [2.75, 3.05) is 39.3 Å². The molecule has 0 radical (unpaired) electrons. The number of morpholine rings is 1. The van der Waals surface area contributed by atoms with Gasteiger partial charge < -0.3 is 15.4 Å². The quantitative estimate of drug-likeness (QED) is 0.755. The van der Waals surface area contributed by atoms with Crippen molar-refractivity contribution in [1.29, 1.82) is 0 Å². The maximum atomic E-state index is 12.3. The third-order valence-electron chi connectivity index (χ3n) is 4.34. The Kier molecular flexibility index (Phi) is 10.1. The lowest BCUT2D eigenvalue weighted by Crippen LogP contribution is -2.49. The van der Waals surface area contributed by atoms with Gasteiger partial charge in [0.15, 0.2) is 0 Å². The Morgan fingerprint density at radius 3 is 2.80 bits per heavy atom. The van der Waals surface area contributed by atoms with Crippen LogP contribution in [0.3, 0.4) is 0 Å². The molecule has 25 heavy (non-hydrogen) atoms. The Balaban J connectivity index is 0.00000156. The number of hydrogen-bond acceptors (Lipinski definition) is 4. The second-order valence-corrected chi connectivity index (χ2v) is 6.11. The minimum Gasteiger partial charge on any atom is -0.366 e. The van der Waals surface area contributed by atoms with Gasteiger partial charge in [-0.15, -0.1) is 24.8 Å². The zero-order chi connectivity index (χ0) is 15.9. The summed E-state index contributed by atoms with van der Waals surface area (Å²) in [6.45, 7) is 5.53. The van der Waals surface area contributed by atoms with Crippen molar-refractivity contribution < 1.29 is 9.53 Å². The van der Waals surface area contributed by atoms with Gasteiger partial charge in [0.2, 0.25) is 0 Å². The van der Waals surface area contributed by atoms with Crippen molar-refractivity contribution in [3.8, 4) is 0 Å². The van der Waals surface area contributed by atoms with Gasteiger partial charge in [0.05, 0.1) is 6.61 Å². The van der Waals surface area contributed by atoms with Gasteiger partial charge >= 0.3 is 0 Å². The molecule has 1 saturated heterocycles. The van der Waals surface area contributed by atoms with Gasteiger partial charge in [0, 0.05) is 32.7 Å². The van der Waals surface area contributed by atoms with Crippen molar-refractivity contribution >= 4 is 30.7 Å². The van der Waals surface area contributed by atoms with E-state index < -0.39 is 0 Å². The lowest BCUT2D eigenvalue weighted by Gasteiger charge is -2.32. The molecule has 2 heterocycles. The molecule has 1 unspecified atom stereocenters. The zero-order valence-electron chi connectivity index (χ0n) is 14.3. The number of rotatable bonds is 5. The molecule has 7 heteroatoms. The van der Waals surface area contributed by atoms with Gasteiger partial charge in [-0.25, -0.2) is 0 Å². The van der Waals surface area contributed by atoms with Gasteiger partial charge in [-0.3, -0.25) is 9.69 Å². The molecule has 1 aromatic carbocycles. The highest BCUT2D eigenvalue weighted by atomic mass is 35.5. The van der Waals surface area contributed by atoms with E-state index in [9.17, 15) is 4.79 Å². The molecule has 0 aliphatic carbocycles. The third kappa shape index (κ3) is 6.96. The summed E-state index contributed by atoms with van der Waals surface area (Å²) in [6, 6.07) is 10.4. The fourth-order valence-electron chi connectivity index (χ4n) is 2.99. The van der Waals surface area contributed by atoms with Gasteiger partial charge in [-0.2, -0.15) is 0 Å². The number of carbonyl (C=O) groups excluding carboxylic acids is 1. The Morgan fingerprint density at radius 1 is 1.28 bits per heavy atom. The maximum absolute atomic E-state index is 12.3. The monoisotopic (exact) mass is 387 g/mol. The summed E-state index contributed by atoms with van der Waals surface area (Å²) in [7, 11) is 0. The molecular formula is C18H27Cl2N3O2. The molecule has 0 aromatic heterocycles. The van der Waals surface area contributed by atoms with Crippen LogP contribution in [0.25, 0.3) is 0 Å². The molecule has 0 spiro atoms. The zero-order valence-corrected chi connectivity index (χ0v) is 15.9. The van der Waals surface area contributed by atoms with Crippen LogP contribution in [0.15, 0.2) is 42.0 Å². The summed E-state index contributed by atoms with van der Waals surface area (Å²) in [5, 5.41) is 6.29. The van der Waals surface area contributed by atoms with E-state index in [1.807, 2.05) is 18.2 Å². The van der Waals surface area contributed by atoms with Crippen LogP contribution in [0, 0.1) is 0 Å². The second kappa shape index (κ2) is 11.5. The van der Waals surface area contributed by atoms with Crippen molar-refractivity contribution in [2.45, 2.75) is 19.1 Å². The van der Waals surface area contributed by atoms with Crippen LogP contribution in [0.2, 0.25) is 0 Å². The van der Waals surface area contributed by atoms with E-state index in [1.54, 1.807) is 0 Å². The highest BCUT2D eigenvalue weighted by Gasteiger charge is 2.26. The van der Waals surface area contributed by atoms with Crippen molar-refractivity contribution in [3.63, 3.8) is 0 Å². The van der Waals surface area contributed by atoms with Gasteiger partial charge in [0.25, 0.3) is 5.91 Å². The molecule has 3 rings (SSSR count). The summed E-state index contributed by atoms with van der Waals surface area (Å²) >= 11 is 0. The molecule has 1 atom stereocenters. The summed E-state index contributed by atoms with van der Waals surface area (Å²) in [5.74, 6) is 0.00203. The second-order valence-electron chi connectivity index (χ2n) is 6.11. The fourth-order valence-corrected chi connectivity index (χ4v) is 2.99. The minimum absolute atomic E-state index is 0. The van der Waals surface area contributed by atoms with E-state index in [2.05, 4.69) is 33.7 Å². The molecule has 0 saturated carbocycles. The molecule has 140 valence electrons. The fraction of sp³-hybridized carbons (Fsp3) is 0.500. The summed E-state index contributed by atoms with van der Waals surface area (Å²) < 4.78 is 5.66. The Bertz CT molecular complexity index is 555. The topological polar surface area (TPSA) is 53.6 Å². The normalized spacial score (nSPS) is 20.6. The number of nitrogens with one attached hydrogen (secondary N) is 2. The SMILES string of the molecule is Cl.Cl.O=C(NCC1=CCNCC1)C1CN(Cc2ccccc2)CCO1. The third-order valence-corrected chi connectivity index (χ3v) is 4.34. The van der Waals surface area contributed by atoms with E-state index in [4.69, 9.17) is 4.74 Å². The first-order valence-corrected chi connectivity index (χ1v) is 8.35. The van der Waals surface area contributed by atoms with Crippen LogP contribution in [-0.4, -0.2) is 56.2 Å². The number of ether oxygens (including phenoxy) is 1. The molecular weight excluding hydrogens is 361 g/mol. The molecule has 5 nitrogen and oxygen atoms in total. The van der Waals surface area contributed by atoms with Crippen LogP contribution in [0.5, 0.6) is 0 Å². The standard InChI is InChI=1S/C18H25N3O2.2ClH/c22-18(20-12-15-6-8-19-9-7-15)17-14-21(10-11-23-17)13-16-4-2-1-3-5-16;;/h1-6,17,19H,7-14H2,(H,20,22);2*1H. The van der Waals surface area contributed by atoms with Crippen LogP contribution >= 0.6 is 24.8 Å². The van der Waals surface area contributed by atoms with E-state index in [1.165, 1.54) is 11.1 Å². The van der Waals surface area contributed by atoms with Crippen LogP contribution in [0.1, 0.15) is 12.0 Å². The number of carbonyl (C=O) groups is 1. The first kappa shape index (κ1) is 21.9. The number of benzene rings is 1. The lowest BCUT2D eigenvalue weighted by atomic mass is 10.1. The summed E-state index contributed by atoms with van der Waals surface area (Å²) in [4.78, 5) is 14.6. The van der Waals surface area contributed by atoms with Gasteiger partial charge in [-0.1, -0.05) is 42.0 Å². The average Bonchev–Trinajstić information content (AvgIpc) is 2.62. The van der Waals surface area contributed by atoms with E-state index in [0.29, 0.717) is 19.7 Å². The molecule has 1 fully saturated rings. The molecule has 2 aliphatic rings. The number of nitrogens with zero attached hydrogens (tertiary/aromatic N) is 1. The number of hydrogen-bond donors (Lipinski definition) is 2. The Labute approximate surface area is 162 Å². The Morgan fingerprint density at radius 2 is 2.08 bits per heavy atom. The predicted molar refractivity (Wildman–Crippen MR) is 105 cm³/mol. The van der Waals surface area contributed by atoms with Gasteiger partial charge in [-0.05, 0) is 18.5 Å². The molecule has 2 aliphatic heterocycles. The van der Waals surface area contributed by atoms with Crippen molar-refractivity contribution in [2.24, 2.45) is 0 Å². The maximum Gasteiger partial charge on any atom is 0.250 e. The van der Waals surface area contributed by atoms with Crippen LogP contribution in [0.4, 0.5) is 0 Å². The predicted octanol–water partition coefficient (Wildman–Crippen LogP) is 1.77. The van der Waals surface area contributed by atoms with Crippen LogP contribution < -0.4 is 10.6 Å². The molecule has 0 bridgehead atoms. The number of amides is 1. The first-order chi connectivity index (χ1) is 11.3. The minimum atomic E-state index is -0.366. The van der Waals surface area contributed by atoms with E-state index >= 15 is 0 Å². The molecule has 1 amide bonds. The summed E-state index contributed by atoms with van der Waals surface area (Å²) in [5.41, 5.74) is 2.57. The van der Waals surface area contributed by atoms with E-state index in [0.717, 1.165) is 32.6 Å². The first-order valence-electron chi connectivity index (χ1n) is 8.35. The Hall–Kier alpha value is -1.11. The van der Waals surface area contributed by atoms with Gasteiger partial charge in [0.1, 0.15) is 6.10 Å². The highest BCUT2D eigenvalue weighted by molar-refractivity contribution is 5.85. The largest absolute Gasteiger partial charge is 0.366 e. The van der Waals surface area contributed by atoms with Crippen LogP contribution in [-0.2, 0) is 16.1 Å². The smallest absolute Gasteiger partial charge is 0.250 e. The average molecular weight is 388 g/mol. The summed E-state index contributed by atoms with van der Waals surface area (Å²) in [6.07, 6.45) is 2.80. The highest BCUT2D eigenvalue weighted by Crippen LogP contribution is 2.11. The van der Waals surface area contributed by atoms with E-state index in [-0.39, 0.29) is 36.8 Å². The van der Waals surface area contributed by atoms with Crippen molar-refractivity contribution in [1.82, 2.24) is 15.5 Å². The van der Waals surface area contributed by atoms with Crippen molar-refractivity contribution in [3.05, 3.63) is 47.5 Å². The lowest BCUT2D eigenvalue weighted by molar-refractivity contribution is -0.138. The molecule has 1 aromatic rings. The molecule has 2 N–H and O–H groups in total. The number of halogens is 2.